The molecule has 10 nitrogen and oxygen atoms in total. The normalized spacial score (nSPS) is 21.3. The van der Waals surface area contributed by atoms with Crippen molar-refractivity contribution in [1.82, 2.24) is 15.1 Å². The Morgan fingerprint density at radius 2 is 1.93 bits per heavy atom. The average molecular weight is 385 g/mol. The maximum absolute atomic E-state index is 12.3. The molecule has 1 atom stereocenters. The van der Waals surface area contributed by atoms with Gasteiger partial charge >= 0.3 is 18.0 Å². The van der Waals surface area contributed by atoms with E-state index in [0.29, 0.717) is 13.1 Å². The molecule has 1 saturated heterocycles. The van der Waals surface area contributed by atoms with Gasteiger partial charge in [-0.15, -0.1) is 0 Å². The summed E-state index contributed by atoms with van der Waals surface area (Å²) < 4.78 is 9.84. The summed E-state index contributed by atoms with van der Waals surface area (Å²) in [5, 5.41) is 11.5. The monoisotopic (exact) mass is 385 g/mol. The zero-order valence-electron chi connectivity index (χ0n) is 15.7. The molecule has 0 spiro atoms. The first-order chi connectivity index (χ1) is 12.7. The molecule has 2 N–H and O–H groups in total. The molecule has 0 aromatic rings. The van der Waals surface area contributed by atoms with Crippen molar-refractivity contribution < 1.29 is 33.8 Å². The second-order valence-corrected chi connectivity index (χ2v) is 7.19. The van der Waals surface area contributed by atoms with Crippen LogP contribution < -0.4 is 5.32 Å². The van der Waals surface area contributed by atoms with E-state index in [-0.39, 0.29) is 50.6 Å². The second kappa shape index (κ2) is 9.03. The number of hydrogen-bond donors (Lipinski definition) is 2. The standard InChI is InChI=1S/C17H27N3O7/c1-17(4-5-17)15(24)27-11-12-9-20(8-7-19(12)10-14(22)23)13(21)3-6-18-16(25)26-2/h12H,3-11H2,1-2H3,(H,18,25)(H,22,23). The summed E-state index contributed by atoms with van der Waals surface area (Å²) in [7, 11) is 1.24. The van der Waals surface area contributed by atoms with Crippen molar-refractivity contribution in [1.29, 1.82) is 0 Å². The number of carboxylic acids is 1. The van der Waals surface area contributed by atoms with Crippen LogP contribution in [0, 0.1) is 5.41 Å². The van der Waals surface area contributed by atoms with Crippen molar-refractivity contribution in [2.75, 3.05) is 46.4 Å². The molecule has 1 aliphatic carbocycles. The quantitative estimate of drug-likeness (QED) is 0.544. The predicted molar refractivity (Wildman–Crippen MR) is 92.9 cm³/mol. The molecule has 1 unspecified atom stereocenters. The van der Waals surface area contributed by atoms with Gasteiger partial charge in [0, 0.05) is 32.6 Å². The number of rotatable bonds is 8. The van der Waals surface area contributed by atoms with Gasteiger partial charge < -0.3 is 24.8 Å². The lowest BCUT2D eigenvalue weighted by molar-refractivity contribution is -0.153. The molecule has 2 fully saturated rings. The molecule has 2 aliphatic rings. The summed E-state index contributed by atoms with van der Waals surface area (Å²) >= 11 is 0. The highest BCUT2D eigenvalue weighted by Gasteiger charge is 2.47. The molecule has 0 aromatic carbocycles. The maximum atomic E-state index is 12.3. The molecule has 152 valence electrons. The van der Waals surface area contributed by atoms with Gasteiger partial charge in [-0.1, -0.05) is 0 Å². The third-order valence-electron chi connectivity index (χ3n) is 4.99. The number of carbonyl (C=O) groups is 4. The van der Waals surface area contributed by atoms with Gasteiger partial charge in [0.2, 0.25) is 5.91 Å². The third kappa shape index (κ3) is 6.09. The van der Waals surface area contributed by atoms with Crippen LogP contribution in [0.5, 0.6) is 0 Å². The van der Waals surface area contributed by atoms with Gasteiger partial charge in [0.05, 0.1) is 25.1 Å². The predicted octanol–water partition coefficient (Wildman–Crippen LogP) is -0.327. The highest BCUT2D eigenvalue weighted by molar-refractivity contribution is 5.79. The molecule has 0 radical (unpaired) electrons. The van der Waals surface area contributed by atoms with Gasteiger partial charge in [-0.05, 0) is 19.8 Å². The fourth-order valence-corrected chi connectivity index (χ4v) is 2.90. The minimum atomic E-state index is -0.970. The van der Waals surface area contributed by atoms with Crippen LogP contribution in [0.1, 0.15) is 26.2 Å². The Morgan fingerprint density at radius 3 is 2.52 bits per heavy atom. The summed E-state index contributed by atoms with van der Waals surface area (Å²) in [6, 6.07) is -0.376. The number of aliphatic carboxylic acids is 1. The number of hydrogen-bond acceptors (Lipinski definition) is 7. The van der Waals surface area contributed by atoms with Gasteiger partial charge in [0.15, 0.2) is 0 Å². The summed E-state index contributed by atoms with van der Waals surface area (Å²) in [6.07, 6.45) is 1.10. The van der Waals surface area contributed by atoms with Crippen LogP contribution in [-0.2, 0) is 23.9 Å². The van der Waals surface area contributed by atoms with Crippen LogP contribution in [-0.4, -0.2) is 91.3 Å². The van der Waals surface area contributed by atoms with Gasteiger partial charge in [-0.2, -0.15) is 0 Å². The molecule has 0 aromatic heterocycles. The third-order valence-corrected chi connectivity index (χ3v) is 4.99. The van der Waals surface area contributed by atoms with Crippen molar-refractivity contribution in [3.63, 3.8) is 0 Å². The number of carboxylic acid groups (broad SMARTS) is 1. The number of amides is 2. The Hall–Kier alpha value is -2.36. The zero-order valence-corrected chi connectivity index (χ0v) is 15.7. The number of methoxy groups -OCH3 is 1. The van der Waals surface area contributed by atoms with E-state index in [1.54, 1.807) is 9.80 Å². The Labute approximate surface area is 157 Å². The van der Waals surface area contributed by atoms with Crippen LogP contribution in [0.4, 0.5) is 4.79 Å². The lowest BCUT2D eigenvalue weighted by Crippen LogP contribution is -2.57. The minimum Gasteiger partial charge on any atom is -0.480 e. The fourth-order valence-electron chi connectivity index (χ4n) is 2.90. The number of esters is 1. The summed E-state index contributed by atoms with van der Waals surface area (Å²) in [6.45, 7) is 2.90. The van der Waals surface area contributed by atoms with Crippen LogP contribution in [0.3, 0.4) is 0 Å². The van der Waals surface area contributed by atoms with Gasteiger partial charge in [0.1, 0.15) is 6.61 Å². The van der Waals surface area contributed by atoms with E-state index in [9.17, 15) is 19.2 Å². The number of piperazine rings is 1. The first-order valence-corrected chi connectivity index (χ1v) is 8.98. The van der Waals surface area contributed by atoms with Crippen molar-refractivity contribution in [3.8, 4) is 0 Å². The summed E-state index contributed by atoms with van der Waals surface area (Å²) in [4.78, 5) is 49.8. The Kier molecular flexibility index (Phi) is 7.00. The van der Waals surface area contributed by atoms with Gasteiger partial charge in [0.25, 0.3) is 0 Å². The number of alkyl carbamates (subject to hydrolysis) is 1. The molecule has 1 aliphatic heterocycles. The molecule has 0 bridgehead atoms. The second-order valence-electron chi connectivity index (χ2n) is 7.19. The SMILES string of the molecule is COC(=O)NCCC(=O)N1CCN(CC(=O)O)C(COC(=O)C2(C)CC2)C1. The van der Waals surface area contributed by atoms with E-state index in [4.69, 9.17) is 9.84 Å². The van der Waals surface area contributed by atoms with E-state index in [0.717, 1.165) is 12.8 Å². The van der Waals surface area contributed by atoms with Crippen molar-refractivity contribution in [3.05, 3.63) is 0 Å². The topological polar surface area (TPSA) is 125 Å². The molecular weight excluding hydrogens is 358 g/mol. The van der Waals surface area contributed by atoms with E-state index in [2.05, 4.69) is 10.1 Å². The number of ether oxygens (including phenoxy) is 2. The van der Waals surface area contributed by atoms with Gasteiger partial charge in [-0.3, -0.25) is 19.3 Å². The summed E-state index contributed by atoms with van der Waals surface area (Å²) in [5.41, 5.74) is -0.415. The smallest absolute Gasteiger partial charge is 0.406 e. The summed E-state index contributed by atoms with van der Waals surface area (Å²) in [5.74, 6) is -1.40. The number of carbonyl (C=O) groups excluding carboxylic acids is 3. The maximum Gasteiger partial charge on any atom is 0.406 e. The molecule has 2 amide bonds. The molecule has 10 heteroatoms. The molecular formula is C17H27N3O7. The molecule has 2 rings (SSSR count). The average Bonchev–Trinajstić information content (AvgIpc) is 3.38. The van der Waals surface area contributed by atoms with E-state index in [1.807, 2.05) is 6.92 Å². The van der Waals surface area contributed by atoms with E-state index < -0.39 is 17.5 Å². The zero-order chi connectivity index (χ0) is 20.0. The molecule has 1 saturated carbocycles. The molecule has 27 heavy (non-hydrogen) atoms. The van der Waals surface area contributed by atoms with Crippen molar-refractivity contribution in [2.24, 2.45) is 5.41 Å². The fraction of sp³-hybridized carbons (Fsp3) is 0.765. The van der Waals surface area contributed by atoms with Crippen LogP contribution >= 0.6 is 0 Å². The van der Waals surface area contributed by atoms with Crippen LogP contribution in [0.2, 0.25) is 0 Å². The Morgan fingerprint density at radius 1 is 1.22 bits per heavy atom. The lowest BCUT2D eigenvalue weighted by Gasteiger charge is -2.40. The van der Waals surface area contributed by atoms with Gasteiger partial charge in [-0.25, -0.2) is 4.79 Å². The van der Waals surface area contributed by atoms with Crippen LogP contribution in [0.15, 0.2) is 0 Å². The minimum absolute atomic E-state index is 0.0475. The Balaban J connectivity index is 1.88. The Bertz CT molecular complexity index is 591. The number of nitrogens with one attached hydrogen (secondary N) is 1. The highest BCUT2D eigenvalue weighted by atomic mass is 16.5. The highest BCUT2D eigenvalue weighted by Crippen LogP contribution is 2.46. The van der Waals surface area contributed by atoms with E-state index >= 15 is 0 Å². The first kappa shape index (κ1) is 20.9. The van der Waals surface area contributed by atoms with Crippen molar-refractivity contribution >= 4 is 23.9 Å². The lowest BCUT2D eigenvalue weighted by atomic mass is 10.1. The number of nitrogens with zero attached hydrogens (tertiary/aromatic N) is 2. The molecule has 1 heterocycles. The van der Waals surface area contributed by atoms with Crippen LogP contribution in [0.25, 0.3) is 0 Å². The van der Waals surface area contributed by atoms with Crippen molar-refractivity contribution in [2.45, 2.75) is 32.2 Å². The largest absolute Gasteiger partial charge is 0.480 e. The van der Waals surface area contributed by atoms with E-state index in [1.165, 1.54) is 7.11 Å². The first-order valence-electron chi connectivity index (χ1n) is 8.98.